The van der Waals surface area contributed by atoms with Crippen LogP contribution in [0, 0.1) is 0 Å². The monoisotopic (exact) mass is 513 g/mol. The maximum Gasteiger partial charge on any atom is 0.123 e. The van der Waals surface area contributed by atoms with Gasteiger partial charge in [0.15, 0.2) is 0 Å². The number of phenols is 2. The van der Waals surface area contributed by atoms with Gasteiger partial charge in [-0.3, -0.25) is 0 Å². The average molecular weight is 514 g/mol. The summed E-state index contributed by atoms with van der Waals surface area (Å²) in [5.74, 6) is -1.71. The van der Waals surface area contributed by atoms with Crippen LogP contribution in [0.4, 0.5) is 5.69 Å². The van der Waals surface area contributed by atoms with Crippen LogP contribution in [0.2, 0.25) is 0 Å². The van der Waals surface area contributed by atoms with Crippen LogP contribution in [0.1, 0.15) is 23.0 Å². The number of phenolic OH excluding ortho intramolecular Hbond substituents is 2. The Kier molecular flexibility index (Phi) is 5.24. The highest BCUT2D eigenvalue weighted by atomic mass is 16.3. The lowest BCUT2D eigenvalue weighted by Gasteiger charge is -2.62. The van der Waals surface area contributed by atoms with E-state index in [0.29, 0.717) is 16.3 Å². The van der Waals surface area contributed by atoms with Crippen LogP contribution < -0.4 is 15.1 Å². The average Bonchev–Trinajstić information content (AvgIpc) is 2.92. The van der Waals surface area contributed by atoms with E-state index in [2.05, 4.69) is 6.07 Å². The van der Waals surface area contributed by atoms with Gasteiger partial charge >= 0.3 is 0 Å². The van der Waals surface area contributed by atoms with E-state index in [0.717, 1.165) is 43.6 Å². The second kappa shape index (κ2) is 8.60. The second-order valence-corrected chi connectivity index (χ2v) is 10.8. The van der Waals surface area contributed by atoms with Crippen molar-refractivity contribution in [1.29, 1.82) is 0 Å². The van der Waals surface area contributed by atoms with Gasteiger partial charge in [0.25, 0.3) is 0 Å². The Morgan fingerprint density at radius 1 is 0.564 bits per heavy atom. The normalized spacial score (nSPS) is 21.0. The second-order valence-electron chi connectivity index (χ2n) is 10.8. The van der Waals surface area contributed by atoms with Gasteiger partial charge in [-0.05, 0) is 62.7 Å². The third-order valence-electron chi connectivity index (χ3n) is 8.48. The predicted octanol–water partition coefficient (Wildman–Crippen LogP) is 5.12. The maximum absolute atomic E-state index is 14.3. The molecule has 0 saturated heterocycles. The van der Waals surface area contributed by atoms with Gasteiger partial charge in [-0.15, -0.1) is 12.2 Å². The van der Waals surface area contributed by atoms with Crippen LogP contribution in [0.3, 0.4) is 0 Å². The van der Waals surface area contributed by atoms with Gasteiger partial charge in [-0.2, -0.15) is 0 Å². The molecule has 0 radical (unpaired) electrons. The van der Waals surface area contributed by atoms with Crippen LogP contribution in [-0.4, -0.2) is 36.5 Å². The van der Waals surface area contributed by atoms with Crippen LogP contribution >= 0.6 is 0 Å². The molecule has 5 nitrogen and oxygen atoms in total. The number of fused-ring (bicyclic) bond motifs is 4. The van der Waals surface area contributed by atoms with Crippen molar-refractivity contribution in [1.82, 2.24) is 0 Å². The summed E-state index contributed by atoms with van der Waals surface area (Å²) in [5.41, 5.74) is 2.06. The van der Waals surface area contributed by atoms with Crippen molar-refractivity contribution in [2.75, 3.05) is 19.0 Å². The number of rotatable bonds is 3. The lowest BCUT2D eigenvalue weighted by Crippen LogP contribution is -2.63. The number of nitrogens with zero attached hydrogens (tertiary/aromatic N) is 1. The SMILES string of the molecule is CN(C)c1c2cccc(O)c2c(C2C([O-])C(c3c4ccccc4cc4ccccc34)C2[O-])c2c(O)cccc12. The highest BCUT2D eigenvalue weighted by Crippen LogP contribution is 2.55. The number of benzene rings is 6. The van der Waals surface area contributed by atoms with E-state index in [4.69, 9.17) is 0 Å². The van der Waals surface area contributed by atoms with Crippen molar-refractivity contribution in [3.63, 3.8) is 0 Å². The highest BCUT2D eigenvalue weighted by Gasteiger charge is 2.42. The molecule has 5 heteroatoms. The van der Waals surface area contributed by atoms with Crippen molar-refractivity contribution < 1.29 is 20.4 Å². The Balaban J connectivity index is 1.51. The Morgan fingerprint density at radius 3 is 1.49 bits per heavy atom. The Bertz CT molecular complexity index is 1800. The topological polar surface area (TPSA) is 89.8 Å². The number of hydrogen-bond donors (Lipinski definition) is 2. The lowest BCUT2D eigenvalue weighted by molar-refractivity contribution is -0.535. The Labute approximate surface area is 225 Å². The molecule has 0 aromatic heterocycles. The fraction of sp³-hybridized carbons (Fsp3) is 0.176. The summed E-state index contributed by atoms with van der Waals surface area (Å²) in [5, 5.41) is 57.1. The van der Waals surface area contributed by atoms with Crippen molar-refractivity contribution in [2.24, 2.45) is 0 Å². The largest absolute Gasteiger partial charge is 0.851 e. The zero-order chi connectivity index (χ0) is 27.0. The van der Waals surface area contributed by atoms with Crippen molar-refractivity contribution in [3.05, 3.63) is 102 Å². The fourth-order valence-corrected chi connectivity index (χ4v) is 6.87. The van der Waals surface area contributed by atoms with Crippen LogP contribution in [0.5, 0.6) is 11.5 Å². The van der Waals surface area contributed by atoms with Gasteiger partial charge in [0.2, 0.25) is 0 Å². The minimum Gasteiger partial charge on any atom is -0.851 e. The molecule has 1 fully saturated rings. The first-order chi connectivity index (χ1) is 18.9. The first kappa shape index (κ1) is 23.8. The zero-order valence-corrected chi connectivity index (χ0v) is 21.6. The smallest absolute Gasteiger partial charge is 0.123 e. The van der Waals surface area contributed by atoms with E-state index < -0.39 is 24.0 Å². The first-order valence-electron chi connectivity index (χ1n) is 13.2. The molecule has 0 heterocycles. The van der Waals surface area contributed by atoms with Gasteiger partial charge in [-0.25, -0.2) is 0 Å². The van der Waals surface area contributed by atoms with Crippen LogP contribution in [-0.2, 0) is 0 Å². The minimum absolute atomic E-state index is 0.00536. The van der Waals surface area contributed by atoms with Gasteiger partial charge in [0.1, 0.15) is 11.5 Å². The first-order valence-corrected chi connectivity index (χ1v) is 13.2. The summed E-state index contributed by atoms with van der Waals surface area (Å²) in [6, 6.07) is 28.4. The van der Waals surface area contributed by atoms with Gasteiger partial charge in [-0.1, -0.05) is 72.8 Å². The molecule has 194 valence electrons. The molecule has 2 unspecified atom stereocenters. The van der Waals surface area contributed by atoms with Crippen LogP contribution in [0.25, 0.3) is 43.1 Å². The van der Waals surface area contributed by atoms with Crippen LogP contribution in [0.15, 0.2) is 91.0 Å². The molecular formula is C34H27NO4-2. The molecule has 7 rings (SSSR count). The Morgan fingerprint density at radius 2 is 1.00 bits per heavy atom. The molecule has 0 spiro atoms. The van der Waals surface area contributed by atoms with E-state index in [-0.39, 0.29) is 11.5 Å². The minimum atomic E-state index is -1.25. The molecule has 0 amide bonds. The van der Waals surface area contributed by atoms with Crippen molar-refractivity contribution in [3.8, 4) is 11.5 Å². The summed E-state index contributed by atoms with van der Waals surface area (Å²) >= 11 is 0. The van der Waals surface area contributed by atoms with Crippen molar-refractivity contribution >= 4 is 48.8 Å². The summed E-state index contributed by atoms with van der Waals surface area (Å²) < 4.78 is 0. The zero-order valence-electron chi connectivity index (χ0n) is 21.6. The molecule has 1 aliphatic carbocycles. The maximum atomic E-state index is 14.3. The van der Waals surface area contributed by atoms with Gasteiger partial charge in [0, 0.05) is 35.6 Å². The fourth-order valence-electron chi connectivity index (χ4n) is 6.87. The summed E-state index contributed by atoms with van der Waals surface area (Å²) in [4.78, 5) is 1.93. The predicted molar refractivity (Wildman–Crippen MR) is 154 cm³/mol. The van der Waals surface area contributed by atoms with E-state index in [1.54, 1.807) is 24.3 Å². The highest BCUT2D eigenvalue weighted by molar-refractivity contribution is 6.17. The lowest BCUT2D eigenvalue weighted by atomic mass is 9.60. The Hall–Kier alpha value is -4.32. The van der Waals surface area contributed by atoms with E-state index in [9.17, 15) is 20.4 Å². The molecule has 0 aliphatic heterocycles. The number of aromatic hydroxyl groups is 2. The van der Waals surface area contributed by atoms with Gasteiger partial charge in [0.05, 0.1) is 5.69 Å². The molecular weight excluding hydrogens is 486 g/mol. The van der Waals surface area contributed by atoms with E-state index in [1.165, 1.54) is 0 Å². The quantitative estimate of drug-likeness (QED) is 0.321. The molecule has 2 N–H and O–H groups in total. The number of anilines is 1. The molecule has 1 aliphatic rings. The van der Waals surface area contributed by atoms with E-state index in [1.807, 2.05) is 79.7 Å². The molecule has 6 aromatic carbocycles. The third kappa shape index (κ3) is 3.27. The van der Waals surface area contributed by atoms with E-state index >= 15 is 0 Å². The molecule has 6 aromatic rings. The molecule has 0 bridgehead atoms. The summed E-state index contributed by atoms with van der Waals surface area (Å²) in [6.07, 6.45) is -2.50. The standard InChI is InChI=1S/C34H27NO4/c1-35(2)32-22-13-7-15-24(36)27(22)29(28-23(32)14-8-16-25(28)37)31-33(38)30(34(31)39)26-20-11-5-3-9-18(20)17-19-10-4-6-12-21(19)26/h3-17,30-31,33-34,36-37H,1-2H3/q-2. The van der Waals surface area contributed by atoms with Crippen molar-refractivity contribution in [2.45, 2.75) is 24.0 Å². The summed E-state index contributed by atoms with van der Waals surface area (Å²) in [7, 11) is 3.81. The molecule has 39 heavy (non-hydrogen) atoms. The third-order valence-corrected chi connectivity index (χ3v) is 8.48. The van der Waals surface area contributed by atoms with Gasteiger partial charge < -0.3 is 25.3 Å². The number of hydrogen-bond acceptors (Lipinski definition) is 5. The molecule has 1 saturated carbocycles. The molecule has 2 atom stereocenters. The summed E-state index contributed by atoms with van der Waals surface area (Å²) in [6.45, 7) is 0.